The summed E-state index contributed by atoms with van der Waals surface area (Å²) in [7, 11) is 1.46. The van der Waals surface area contributed by atoms with Gasteiger partial charge in [-0.15, -0.1) is 0 Å². The van der Waals surface area contributed by atoms with Crippen molar-refractivity contribution in [2.75, 3.05) is 7.05 Å². The average molecular weight is 403 g/mol. The van der Waals surface area contributed by atoms with Crippen molar-refractivity contribution in [3.8, 4) is 0 Å². The number of hydrogen-bond donors (Lipinski definition) is 1. The first kappa shape index (κ1) is 21.2. The Morgan fingerprint density at radius 1 is 1.13 bits per heavy atom. The molecule has 2 aromatic carbocycles. The van der Waals surface area contributed by atoms with Crippen LogP contribution in [-0.4, -0.2) is 18.7 Å². The molecular weight excluding hydrogens is 378 g/mol. The lowest BCUT2D eigenvalue weighted by atomic mass is 9.93. The molecule has 1 atom stereocenters. The molecular formula is C25H25NO4. The van der Waals surface area contributed by atoms with Crippen LogP contribution in [0.3, 0.4) is 0 Å². The van der Waals surface area contributed by atoms with E-state index in [9.17, 15) is 14.4 Å². The van der Waals surface area contributed by atoms with Crippen LogP contribution in [0.2, 0.25) is 0 Å². The predicted molar refractivity (Wildman–Crippen MR) is 119 cm³/mol. The van der Waals surface area contributed by atoms with Crippen molar-refractivity contribution in [1.29, 1.82) is 0 Å². The summed E-state index contributed by atoms with van der Waals surface area (Å²) in [6.07, 6.45) is 4.13. The Balaban J connectivity index is 2.08. The first-order valence-corrected chi connectivity index (χ1v) is 9.97. The number of ketones is 1. The predicted octanol–water partition coefficient (Wildman–Crippen LogP) is 4.87. The fraction of sp³-hybridized carbons (Fsp3) is 0.240. The number of hydrogen-bond acceptors (Lipinski definition) is 4. The monoisotopic (exact) mass is 403 g/mol. The highest BCUT2D eigenvalue weighted by atomic mass is 16.4. The highest BCUT2D eigenvalue weighted by Gasteiger charge is 2.17. The number of allylic oxidation sites excluding steroid dienone is 1. The minimum atomic E-state index is -0.663. The molecule has 0 bridgehead atoms. The normalized spacial score (nSPS) is 12.3. The second-order valence-electron chi connectivity index (χ2n) is 7.43. The van der Waals surface area contributed by atoms with Crippen molar-refractivity contribution >= 4 is 28.7 Å². The van der Waals surface area contributed by atoms with Crippen molar-refractivity contribution in [1.82, 2.24) is 5.32 Å². The van der Waals surface area contributed by atoms with Crippen LogP contribution >= 0.6 is 0 Å². The summed E-state index contributed by atoms with van der Waals surface area (Å²) in [5.74, 6) is -0.445. The van der Waals surface area contributed by atoms with Gasteiger partial charge in [0.25, 0.3) is 5.91 Å². The van der Waals surface area contributed by atoms with Crippen LogP contribution in [-0.2, 0) is 0 Å². The van der Waals surface area contributed by atoms with Gasteiger partial charge in [-0.2, -0.15) is 0 Å². The second kappa shape index (κ2) is 8.91. The number of nitrogens with one attached hydrogen (secondary N) is 1. The van der Waals surface area contributed by atoms with E-state index >= 15 is 0 Å². The maximum absolute atomic E-state index is 12.5. The number of aryl methyl sites for hydroxylation is 1. The molecule has 0 saturated heterocycles. The molecule has 3 rings (SSSR count). The number of rotatable bonds is 6. The third-order valence-electron chi connectivity index (χ3n) is 5.26. The zero-order valence-electron chi connectivity index (χ0n) is 17.6. The van der Waals surface area contributed by atoms with Gasteiger partial charge in [-0.3, -0.25) is 9.59 Å². The zero-order chi connectivity index (χ0) is 21.8. The molecule has 1 unspecified atom stereocenters. The molecule has 5 nitrogen and oxygen atoms in total. The van der Waals surface area contributed by atoms with E-state index in [0.717, 1.165) is 23.1 Å². The molecule has 1 N–H and O–H groups in total. The highest BCUT2D eigenvalue weighted by Crippen LogP contribution is 2.29. The van der Waals surface area contributed by atoms with Crippen LogP contribution in [0.25, 0.3) is 17.0 Å². The SMILES string of the molecule is CCC(C)c1cc(C=CC(=O)c2ccc(C)cc2)cc2cc(C(=O)NC)c(=O)oc12. The number of fused-ring (bicyclic) bond motifs is 1. The Morgan fingerprint density at radius 2 is 1.83 bits per heavy atom. The van der Waals surface area contributed by atoms with Gasteiger partial charge >= 0.3 is 5.63 Å². The van der Waals surface area contributed by atoms with E-state index in [2.05, 4.69) is 12.2 Å². The quantitative estimate of drug-likeness (QED) is 0.362. The summed E-state index contributed by atoms with van der Waals surface area (Å²) in [4.78, 5) is 36.8. The molecule has 0 aliphatic carbocycles. The molecule has 30 heavy (non-hydrogen) atoms. The summed E-state index contributed by atoms with van der Waals surface area (Å²) >= 11 is 0. The van der Waals surface area contributed by atoms with Gasteiger partial charge < -0.3 is 9.73 Å². The van der Waals surface area contributed by atoms with Gasteiger partial charge in [0.15, 0.2) is 5.78 Å². The van der Waals surface area contributed by atoms with E-state index in [1.54, 1.807) is 24.3 Å². The van der Waals surface area contributed by atoms with Crippen molar-refractivity contribution in [3.05, 3.63) is 86.8 Å². The van der Waals surface area contributed by atoms with Crippen LogP contribution in [0.5, 0.6) is 0 Å². The molecule has 5 heteroatoms. The van der Waals surface area contributed by atoms with Gasteiger partial charge in [-0.1, -0.05) is 49.8 Å². The average Bonchev–Trinajstić information content (AvgIpc) is 2.76. The number of amides is 1. The van der Waals surface area contributed by atoms with Crippen LogP contribution in [0, 0.1) is 6.92 Å². The number of carbonyl (C=O) groups is 2. The maximum atomic E-state index is 12.5. The van der Waals surface area contributed by atoms with Crippen molar-refractivity contribution in [3.63, 3.8) is 0 Å². The molecule has 1 aromatic heterocycles. The summed E-state index contributed by atoms with van der Waals surface area (Å²) < 4.78 is 5.52. The van der Waals surface area contributed by atoms with Crippen LogP contribution in [0.4, 0.5) is 0 Å². The molecule has 154 valence electrons. The minimum absolute atomic E-state index is 0.0445. The lowest BCUT2D eigenvalue weighted by molar-refractivity contribution is 0.0959. The number of carbonyl (C=O) groups excluding carboxylic acids is 2. The molecule has 0 spiro atoms. The van der Waals surface area contributed by atoms with E-state index in [1.807, 2.05) is 38.1 Å². The fourth-order valence-electron chi connectivity index (χ4n) is 3.25. The van der Waals surface area contributed by atoms with E-state index < -0.39 is 11.5 Å². The smallest absolute Gasteiger partial charge is 0.349 e. The summed E-state index contributed by atoms with van der Waals surface area (Å²) in [5, 5.41) is 3.10. The van der Waals surface area contributed by atoms with E-state index in [4.69, 9.17) is 4.42 Å². The largest absolute Gasteiger partial charge is 0.422 e. The van der Waals surface area contributed by atoms with Gasteiger partial charge in [0.2, 0.25) is 0 Å². The Hall–Kier alpha value is -3.47. The zero-order valence-corrected chi connectivity index (χ0v) is 17.6. The Morgan fingerprint density at radius 3 is 2.47 bits per heavy atom. The first-order valence-electron chi connectivity index (χ1n) is 9.97. The van der Waals surface area contributed by atoms with Gasteiger partial charge in [0.1, 0.15) is 11.1 Å². The molecule has 0 saturated carbocycles. The van der Waals surface area contributed by atoms with E-state index in [1.165, 1.54) is 13.1 Å². The summed E-state index contributed by atoms with van der Waals surface area (Å²) in [6, 6.07) is 12.7. The standard InChI is InChI=1S/C25H25NO4/c1-5-16(3)20-13-17(8-11-22(27)18-9-6-15(2)7-10-18)12-19-14-21(24(28)26-4)25(29)30-23(19)20/h6-14,16H,5H2,1-4H3,(H,26,28). The third-order valence-corrected chi connectivity index (χ3v) is 5.26. The van der Waals surface area contributed by atoms with Crippen molar-refractivity contribution in [2.45, 2.75) is 33.1 Å². The van der Waals surface area contributed by atoms with Crippen LogP contribution in [0.15, 0.2) is 57.8 Å². The molecule has 0 aliphatic heterocycles. The molecule has 1 amide bonds. The Bertz CT molecular complexity index is 1190. The topological polar surface area (TPSA) is 76.4 Å². The highest BCUT2D eigenvalue weighted by molar-refractivity contribution is 6.07. The molecule has 0 aliphatic rings. The van der Waals surface area contributed by atoms with Gasteiger partial charge in [-0.25, -0.2) is 4.79 Å². The maximum Gasteiger partial charge on any atom is 0.349 e. The summed E-state index contributed by atoms with van der Waals surface area (Å²) in [6.45, 7) is 6.07. The molecule has 1 heterocycles. The van der Waals surface area contributed by atoms with Crippen LogP contribution in [0.1, 0.15) is 63.6 Å². The lowest BCUT2D eigenvalue weighted by Crippen LogP contribution is -2.24. The van der Waals surface area contributed by atoms with Gasteiger partial charge in [-0.05, 0) is 54.7 Å². The molecule has 0 fully saturated rings. The minimum Gasteiger partial charge on any atom is -0.422 e. The fourth-order valence-corrected chi connectivity index (χ4v) is 3.25. The molecule has 3 aromatic rings. The summed E-state index contributed by atoms with van der Waals surface area (Å²) in [5.41, 5.74) is 3.16. The lowest BCUT2D eigenvalue weighted by Gasteiger charge is -2.13. The molecule has 0 radical (unpaired) electrons. The third kappa shape index (κ3) is 4.40. The van der Waals surface area contributed by atoms with Crippen molar-refractivity contribution < 1.29 is 14.0 Å². The first-order chi connectivity index (χ1) is 14.3. The Labute approximate surface area is 175 Å². The van der Waals surface area contributed by atoms with Crippen molar-refractivity contribution in [2.24, 2.45) is 0 Å². The number of benzene rings is 2. The van der Waals surface area contributed by atoms with Gasteiger partial charge in [0, 0.05) is 18.0 Å². The van der Waals surface area contributed by atoms with Gasteiger partial charge in [0.05, 0.1) is 0 Å². The van der Waals surface area contributed by atoms with Crippen LogP contribution < -0.4 is 10.9 Å². The second-order valence-corrected chi connectivity index (χ2v) is 7.43. The van der Waals surface area contributed by atoms with E-state index in [0.29, 0.717) is 16.5 Å². The Kier molecular flexibility index (Phi) is 6.31. The van der Waals surface area contributed by atoms with E-state index in [-0.39, 0.29) is 17.3 Å².